The van der Waals surface area contributed by atoms with Gasteiger partial charge in [0, 0.05) is 42.0 Å². The number of aromatic nitrogens is 1. The molecule has 1 aromatic rings. The molecule has 5 heteroatoms. The summed E-state index contributed by atoms with van der Waals surface area (Å²) in [4.78, 5) is 6.68. The lowest BCUT2D eigenvalue weighted by atomic mass is 10.2. The van der Waals surface area contributed by atoms with Crippen molar-refractivity contribution < 1.29 is 0 Å². The fourth-order valence-electron chi connectivity index (χ4n) is 2.75. The Morgan fingerprint density at radius 1 is 1.32 bits per heavy atom. The number of hydrogen-bond donors (Lipinski definition) is 1. The van der Waals surface area contributed by atoms with E-state index in [0.29, 0.717) is 11.2 Å². The lowest BCUT2D eigenvalue weighted by molar-refractivity contribution is 0.231. The van der Waals surface area contributed by atoms with Crippen molar-refractivity contribution in [1.29, 1.82) is 0 Å². The van der Waals surface area contributed by atoms with E-state index in [2.05, 4.69) is 15.2 Å². The zero-order valence-electron chi connectivity index (χ0n) is 10.9. The van der Waals surface area contributed by atoms with E-state index in [1.165, 1.54) is 25.7 Å². The van der Waals surface area contributed by atoms with Crippen molar-refractivity contribution in [3.05, 3.63) is 28.0 Å². The van der Waals surface area contributed by atoms with Crippen LogP contribution >= 0.6 is 23.2 Å². The SMILES string of the molecule is Clc1cc(Cl)c(CN(CC2CCCN2)C2CC2)cn1. The lowest BCUT2D eigenvalue weighted by Gasteiger charge is -2.25. The van der Waals surface area contributed by atoms with Crippen LogP contribution in [0.5, 0.6) is 0 Å². The number of nitrogens with zero attached hydrogens (tertiary/aromatic N) is 2. The van der Waals surface area contributed by atoms with E-state index in [1.54, 1.807) is 6.07 Å². The summed E-state index contributed by atoms with van der Waals surface area (Å²) in [6.45, 7) is 3.15. The molecule has 1 N–H and O–H groups in total. The summed E-state index contributed by atoms with van der Waals surface area (Å²) in [5.41, 5.74) is 1.08. The summed E-state index contributed by atoms with van der Waals surface area (Å²) in [6.07, 6.45) is 7.01. The Bertz CT molecular complexity index is 442. The molecule has 1 aromatic heterocycles. The molecule has 1 saturated heterocycles. The first kappa shape index (κ1) is 13.6. The largest absolute Gasteiger partial charge is 0.313 e. The Hall–Kier alpha value is -0.350. The average molecular weight is 300 g/mol. The predicted molar refractivity (Wildman–Crippen MR) is 78.7 cm³/mol. The third-order valence-corrected chi connectivity index (χ3v) is 4.51. The zero-order valence-corrected chi connectivity index (χ0v) is 12.4. The van der Waals surface area contributed by atoms with Gasteiger partial charge in [0.15, 0.2) is 0 Å². The summed E-state index contributed by atoms with van der Waals surface area (Å²) >= 11 is 12.1. The molecule has 3 nitrogen and oxygen atoms in total. The first-order valence-electron chi connectivity index (χ1n) is 7.00. The summed E-state index contributed by atoms with van der Waals surface area (Å²) in [5, 5.41) is 4.76. The minimum absolute atomic E-state index is 0.462. The number of hydrogen-bond acceptors (Lipinski definition) is 3. The summed E-state index contributed by atoms with van der Waals surface area (Å²) in [7, 11) is 0. The summed E-state index contributed by atoms with van der Waals surface area (Å²) in [5.74, 6) is 0. The number of rotatable bonds is 5. The highest BCUT2D eigenvalue weighted by molar-refractivity contribution is 6.34. The fraction of sp³-hybridized carbons (Fsp3) is 0.643. The van der Waals surface area contributed by atoms with Crippen LogP contribution < -0.4 is 5.32 Å². The molecule has 0 aromatic carbocycles. The molecular weight excluding hydrogens is 281 g/mol. The van der Waals surface area contributed by atoms with Gasteiger partial charge >= 0.3 is 0 Å². The molecule has 2 heterocycles. The van der Waals surface area contributed by atoms with Gasteiger partial charge in [-0.3, -0.25) is 4.90 Å². The van der Waals surface area contributed by atoms with E-state index < -0.39 is 0 Å². The second kappa shape index (κ2) is 5.96. The van der Waals surface area contributed by atoms with Gasteiger partial charge in [0.05, 0.1) is 0 Å². The molecule has 3 rings (SSSR count). The Morgan fingerprint density at radius 2 is 2.16 bits per heavy atom. The van der Waals surface area contributed by atoms with Gasteiger partial charge in [-0.1, -0.05) is 23.2 Å². The van der Waals surface area contributed by atoms with Gasteiger partial charge < -0.3 is 5.32 Å². The van der Waals surface area contributed by atoms with Gasteiger partial charge in [0.1, 0.15) is 5.15 Å². The Balaban J connectivity index is 1.66. The molecule has 0 amide bonds. The molecule has 0 spiro atoms. The molecule has 1 aliphatic carbocycles. The van der Waals surface area contributed by atoms with Gasteiger partial charge in [0.2, 0.25) is 0 Å². The maximum atomic E-state index is 6.25. The Labute approximate surface area is 124 Å². The third-order valence-electron chi connectivity index (χ3n) is 3.95. The predicted octanol–water partition coefficient (Wildman–Crippen LogP) is 3.10. The topological polar surface area (TPSA) is 28.2 Å². The molecule has 0 radical (unpaired) electrons. The second-order valence-corrected chi connectivity index (χ2v) is 6.35. The first-order chi connectivity index (χ1) is 9.22. The van der Waals surface area contributed by atoms with E-state index in [0.717, 1.165) is 36.3 Å². The quantitative estimate of drug-likeness (QED) is 0.847. The number of nitrogens with one attached hydrogen (secondary N) is 1. The molecule has 0 bridgehead atoms. The second-order valence-electron chi connectivity index (χ2n) is 5.55. The minimum atomic E-state index is 0.462. The Kier molecular flexibility index (Phi) is 4.27. The maximum Gasteiger partial charge on any atom is 0.130 e. The van der Waals surface area contributed by atoms with Gasteiger partial charge in [-0.05, 0) is 38.3 Å². The van der Waals surface area contributed by atoms with Crippen molar-refractivity contribution in [3.8, 4) is 0 Å². The highest BCUT2D eigenvalue weighted by Crippen LogP contribution is 2.30. The van der Waals surface area contributed by atoms with Crippen LogP contribution in [0.3, 0.4) is 0 Å². The fourth-order valence-corrected chi connectivity index (χ4v) is 3.17. The molecule has 19 heavy (non-hydrogen) atoms. The van der Waals surface area contributed by atoms with E-state index in [9.17, 15) is 0 Å². The monoisotopic (exact) mass is 299 g/mol. The van der Waals surface area contributed by atoms with Gasteiger partial charge in [0.25, 0.3) is 0 Å². The van der Waals surface area contributed by atoms with Crippen LogP contribution in [-0.2, 0) is 6.54 Å². The van der Waals surface area contributed by atoms with Crippen LogP contribution in [0.2, 0.25) is 10.2 Å². The highest BCUT2D eigenvalue weighted by Gasteiger charge is 2.31. The molecule has 1 saturated carbocycles. The molecule has 1 atom stereocenters. The standard InChI is InChI=1S/C14H19Cl2N3/c15-13-6-14(16)18-7-10(13)8-19(12-3-4-12)9-11-2-1-5-17-11/h6-7,11-12,17H,1-5,8-9H2. The smallest absolute Gasteiger partial charge is 0.130 e. The Morgan fingerprint density at radius 3 is 2.79 bits per heavy atom. The third kappa shape index (κ3) is 3.60. The van der Waals surface area contributed by atoms with E-state index in [1.807, 2.05) is 6.20 Å². The van der Waals surface area contributed by atoms with Crippen molar-refractivity contribution in [1.82, 2.24) is 15.2 Å². The van der Waals surface area contributed by atoms with Crippen LogP contribution in [-0.4, -0.2) is 35.1 Å². The van der Waals surface area contributed by atoms with Crippen molar-refractivity contribution in [2.75, 3.05) is 13.1 Å². The van der Waals surface area contributed by atoms with E-state index in [-0.39, 0.29) is 0 Å². The number of pyridine rings is 1. The summed E-state index contributed by atoms with van der Waals surface area (Å²) < 4.78 is 0. The van der Waals surface area contributed by atoms with Gasteiger partial charge in [-0.2, -0.15) is 0 Å². The minimum Gasteiger partial charge on any atom is -0.313 e. The number of halogens is 2. The molecule has 104 valence electrons. The lowest BCUT2D eigenvalue weighted by Crippen LogP contribution is -2.38. The van der Waals surface area contributed by atoms with E-state index >= 15 is 0 Å². The molecule has 1 unspecified atom stereocenters. The molecule has 2 aliphatic rings. The van der Waals surface area contributed by atoms with Gasteiger partial charge in [-0.15, -0.1) is 0 Å². The zero-order chi connectivity index (χ0) is 13.2. The molecule has 2 fully saturated rings. The van der Waals surface area contributed by atoms with Crippen LogP contribution in [0.1, 0.15) is 31.2 Å². The molecule has 1 aliphatic heterocycles. The van der Waals surface area contributed by atoms with E-state index in [4.69, 9.17) is 23.2 Å². The average Bonchev–Trinajstić information content (AvgIpc) is 3.10. The van der Waals surface area contributed by atoms with Crippen LogP contribution in [0.25, 0.3) is 0 Å². The summed E-state index contributed by atoms with van der Waals surface area (Å²) in [6, 6.07) is 3.10. The van der Waals surface area contributed by atoms with Crippen molar-refractivity contribution in [2.45, 2.75) is 44.3 Å². The first-order valence-corrected chi connectivity index (χ1v) is 7.75. The highest BCUT2D eigenvalue weighted by atomic mass is 35.5. The van der Waals surface area contributed by atoms with Crippen molar-refractivity contribution in [2.24, 2.45) is 0 Å². The van der Waals surface area contributed by atoms with Crippen LogP contribution in [0.4, 0.5) is 0 Å². The van der Waals surface area contributed by atoms with Crippen molar-refractivity contribution >= 4 is 23.2 Å². The van der Waals surface area contributed by atoms with Crippen molar-refractivity contribution in [3.63, 3.8) is 0 Å². The van der Waals surface area contributed by atoms with Gasteiger partial charge in [-0.25, -0.2) is 4.98 Å². The van der Waals surface area contributed by atoms with Crippen LogP contribution in [0, 0.1) is 0 Å². The van der Waals surface area contributed by atoms with Crippen LogP contribution in [0.15, 0.2) is 12.3 Å². The molecular formula is C14H19Cl2N3. The normalized spacial score (nSPS) is 23.2. The maximum absolute atomic E-state index is 6.25.